The van der Waals surface area contributed by atoms with Gasteiger partial charge in [0.25, 0.3) is 0 Å². The molecule has 0 saturated heterocycles. The molecule has 0 fully saturated rings. The second-order valence-corrected chi connectivity index (χ2v) is 8.83. The van der Waals surface area contributed by atoms with Crippen LogP contribution in [0.2, 0.25) is 0 Å². The van der Waals surface area contributed by atoms with E-state index in [1.54, 1.807) is 12.1 Å². The second-order valence-electron chi connectivity index (χ2n) is 5.25. The molecular weight excluding hydrogens is 306 g/mol. The van der Waals surface area contributed by atoms with E-state index in [4.69, 9.17) is 0 Å². The SMILES string of the molecule is CCNC(C)CCCCS(=O)c1ccc(S(C)(=O)=O)cc1. The summed E-state index contributed by atoms with van der Waals surface area (Å²) in [5, 5.41) is 3.35. The van der Waals surface area contributed by atoms with Gasteiger partial charge >= 0.3 is 0 Å². The maximum Gasteiger partial charge on any atom is 0.175 e. The molecule has 4 nitrogen and oxygen atoms in total. The van der Waals surface area contributed by atoms with Crippen LogP contribution in [0.4, 0.5) is 0 Å². The van der Waals surface area contributed by atoms with Crippen LogP contribution < -0.4 is 5.32 Å². The number of rotatable bonds is 9. The van der Waals surface area contributed by atoms with Crippen molar-refractivity contribution in [3.63, 3.8) is 0 Å². The van der Waals surface area contributed by atoms with Crippen molar-refractivity contribution < 1.29 is 12.6 Å². The van der Waals surface area contributed by atoms with Gasteiger partial charge in [0, 0.05) is 22.9 Å². The highest BCUT2D eigenvalue weighted by molar-refractivity contribution is 7.90. The van der Waals surface area contributed by atoms with Crippen LogP contribution >= 0.6 is 0 Å². The van der Waals surface area contributed by atoms with Gasteiger partial charge in [-0.15, -0.1) is 0 Å². The van der Waals surface area contributed by atoms with Crippen molar-refractivity contribution in [2.45, 2.75) is 48.9 Å². The summed E-state index contributed by atoms with van der Waals surface area (Å²) in [5.41, 5.74) is 0. The number of hydrogen-bond donors (Lipinski definition) is 1. The molecule has 1 N–H and O–H groups in total. The molecule has 0 bridgehead atoms. The van der Waals surface area contributed by atoms with Crippen molar-refractivity contribution in [3.8, 4) is 0 Å². The third-order valence-electron chi connectivity index (χ3n) is 3.28. The van der Waals surface area contributed by atoms with Gasteiger partial charge in [-0.3, -0.25) is 4.21 Å². The van der Waals surface area contributed by atoms with Crippen LogP contribution in [0.1, 0.15) is 33.1 Å². The lowest BCUT2D eigenvalue weighted by Crippen LogP contribution is -2.25. The lowest BCUT2D eigenvalue weighted by Gasteiger charge is -2.11. The molecule has 2 atom stereocenters. The molecule has 0 aliphatic rings. The van der Waals surface area contributed by atoms with Crippen LogP contribution in [0.15, 0.2) is 34.1 Å². The molecule has 1 aromatic carbocycles. The summed E-state index contributed by atoms with van der Waals surface area (Å²) in [6, 6.07) is 6.84. The fourth-order valence-corrected chi connectivity index (χ4v) is 3.86. The first kappa shape index (κ1) is 18.3. The van der Waals surface area contributed by atoms with E-state index in [1.807, 2.05) is 0 Å². The van der Waals surface area contributed by atoms with Crippen molar-refractivity contribution in [2.24, 2.45) is 0 Å². The first-order valence-corrected chi connectivity index (χ1v) is 10.5. The molecule has 1 rings (SSSR count). The lowest BCUT2D eigenvalue weighted by atomic mass is 10.1. The molecule has 6 heteroatoms. The average Bonchev–Trinajstić information content (AvgIpc) is 2.43. The van der Waals surface area contributed by atoms with E-state index >= 15 is 0 Å². The van der Waals surface area contributed by atoms with Gasteiger partial charge in [-0.1, -0.05) is 13.3 Å². The second kappa shape index (κ2) is 8.66. The molecule has 0 heterocycles. The standard InChI is InChI=1S/C15H25NO3S2/c1-4-16-13(2)7-5-6-12-20(17)14-8-10-15(11-9-14)21(3,18)19/h8-11,13,16H,4-7,12H2,1-3H3. The third-order valence-corrected chi connectivity index (χ3v) is 5.87. The van der Waals surface area contributed by atoms with E-state index in [9.17, 15) is 12.6 Å². The van der Waals surface area contributed by atoms with Crippen molar-refractivity contribution in [2.75, 3.05) is 18.6 Å². The third kappa shape index (κ3) is 6.72. The summed E-state index contributed by atoms with van der Waals surface area (Å²) in [6.45, 7) is 5.22. The Labute approximate surface area is 130 Å². The number of hydrogen-bond acceptors (Lipinski definition) is 4. The van der Waals surface area contributed by atoms with Gasteiger partial charge in [0.05, 0.1) is 15.7 Å². The predicted octanol–water partition coefficient (Wildman–Crippen LogP) is 2.37. The van der Waals surface area contributed by atoms with E-state index in [2.05, 4.69) is 19.2 Å². The first-order chi connectivity index (χ1) is 9.84. The molecule has 0 amide bonds. The minimum absolute atomic E-state index is 0.266. The molecule has 120 valence electrons. The highest BCUT2D eigenvalue weighted by Crippen LogP contribution is 2.14. The van der Waals surface area contributed by atoms with Crippen LogP contribution in [0.5, 0.6) is 0 Å². The smallest absolute Gasteiger partial charge is 0.175 e. The molecule has 2 unspecified atom stereocenters. The van der Waals surface area contributed by atoms with Crippen molar-refractivity contribution in [3.05, 3.63) is 24.3 Å². The Morgan fingerprint density at radius 2 is 1.81 bits per heavy atom. The van der Waals surface area contributed by atoms with Gasteiger partial charge in [0.2, 0.25) is 0 Å². The van der Waals surface area contributed by atoms with Crippen molar-refractivity contribution >= 4 is 20.6 Å². The Morgan fingerprint density at radius 3 is 2.33 bits per heavy atom. The van der Waals surface area contributed by atoms with Crippen molar-refractivity contribution in [1.29, 1.82) is 0 Å². The summed E-state index contributed by atoms with van der Waals surface area (Å²) in [4.78, 5) is 0.963. The van der Waals surface area contributed by atoms with Gasteiger partial charge < -0.3 is 5.32 Å². The summed E-state index contributed by atoms with van der Waals surface area (Å²) in [5.74, 6) is 0.622. The first-order valence-electron chi connectivity index (χ1n) is 7.26. The summed E-state index contributed by atoms with van der Waals surface area (Å²) < 4.78 is 34.8. The van der Waals surface area contributed by atoms with Crippen LogP contribution in [-0.2, 0) is 20.6 Å². The minimum atomic E-state index is -3.19. The number of nitrogens with one attached hydrogen (secondary N) is 1. The Bertz CT molecular complexity index is 553. The topological polar surface area (TPSA) is 63.2 Å². The quantitative estimate of drug-likeness (QED) is 0.706. The summed E-state index contributed by atoms with van der Waals surface area (Å²) in [6.07, 6.45) is 4.21. The van der Waals surface area contributed by atoms with Gasteiger partial charge in [-0.05, 0) is 50.6 Å². The lowest BCUT2D eigenvalue weighted by molar-refractivity contribution is 0.509. The van der Waals surface area contributed by atoms with Crippen LogP contribution in [0.3, 0.4) is 0 Å². The monoisotopic (exact) mass is 331 g/mol. The molecule has 0 aliphatic carbocycles. The normalized spacial score (nSPS) is 14.8. The van der Waals surface area contributed by atoms with E-state index in [-0.39, 0.29) is 4.90 Å². The highest BCUT2D eigenvalue weighted by Gasteiger charge is 2.09. The van der Waals surface area contributed by atoms with Crippen LogP contribution in [-0.4, -0.2) is 37.2 Å². The van der Waals surface area contributed by atoms with E-state index in [1.165, 1.54) is 18.4 Å². The Morgan fingerprint density at radius 1 is 1.19 bits per heavy atom. The maximum atomic E-state index is 12.1. The molecule has 0 aromatic heterocycles. The molecule has 1 aromatic rings. The molecule has 0 saturated carbocycles. The minimum Gasteiger partial charge on any atom is -0.315 e. The van der Waals surface area contributed by atoms with Gasteiger partial charge in [-0.2, -0.15) is 0 Å². The Balaban J connectivity index is 2.42. The maximum absolute atomic E-state index is 12.1. The predicted molar refractivity (Wildman–Crippen MR) is 87.8 cm³/mol. The van der Waals surface area contributed by atoms with Gasteiger partial charge in [0.15, 0.2) is 9.84 Å². The van der Waals surface area contributed by atoms with Gasteiger partial charge in [-0.25, -0.2) is 8.42 Å². The zero-order valence-electron chi connectivity index (χ0n) is 13.0. The van der Waals surface area contributed by atoms with Crippen LogP contribution in [0.25, 0.3) is 0 Å². The zero-order chi connectivity index (χ0) is 15.9. The average molecular weight is 332 g/mol. The molecular formula is C15H25NO3S2. The largest absolute Gasteiger partial charge is 0.315 e. The zero-order valence-corrected chi connectivity index (χ0v) is 14.6. The van der Waals surface area contributed by atoms with Crippen LogP contribution in [0, 0.1) is 0 Å². The van der Waals surface area contributed by atoms with Crippen molar-refractivity contribution in [1.82, 2.24) is 5.32 Å². The van der Waals surface area contributed by atoms with E-state index in [0.29, 0.717) is 16.7 Å². The Hall–Kier alpha value is -0.720. The summed E-state index contributed by atoms with van der Waals surface area (Å²) >= 11 is 0. The fraction of sp³-hybridized carbons (Fsp3) is 0.600. The number of sulfone groups is 1. The molecule has 0 aliphatic heterocycles. The van der Waals surface area contributed by atoms with E-state index < -0.39 is 20.6 Å². The van der Waals surface area contributed by atoms with E-state index in [0.717, 1.165) is 25.8 Å². The Kier molecular flexibility index (Phi) is 7.56. The number of benzene rings is 1. The number of unbranched alkanes of at least 4 members (excludes halogenated alkanes) is 1. The molecule has 21 heavy (non-hydrogen) atoms. The fourth-order valence-electron chi connectivity index (χ4n) is 2.09. The van der Waals surface area contributed by atoms with Gasteiger partial charge in [0.1, 0.15) is 0 Å². The molecule has 0 radical (unpaired) electrons. The highest BCUT2D eigenvalue weighted by atomic mass is 32.2. The molecule has 0 spiro atoms. The summed E-state index contributed by atoms with van der Waals surface area (Å²) in [7, 11) is -4.24.